The van der Waals surface area contributed by atoms with E-state index in [4.69, 9.17) is 4.42 Å². The molecule has 4 rings (SSSR count). The van der Waals surface area contributed by atoms with Crippen molar-refractivity contribution in [3.05, 3.63) is 65.4 Å². The molecule has 1 saturated heterocycles. The van der Waals surface area contributed by atoms with Crippen molar-refractivity contribution in [1.29, 1.82) is 0 Å². The number of anilines is 1. The molecule has 0 spiro atoms. The van der Waals surface area contributed by atoms with Gasteiger partial charge in [-0.1, -0.05) is 24.3 Å². The summed E-state index contributed by atoms with van der Waals surface area (Å²) < 4.78 is 5.79. The number of piperazine rings is 1. The van der Waals surface area contributed by atoms with Crippen LogP contribution in [0.5, 0.6) is 0 Å². The van der Waals surface area contributed by atoms with E-state index in [9.17, 15) is 4.79 Å². The quantitative estimate of drug-likeness (QED) is 0.710. The summed E-state index contributed by atoms with van der Waals surface area (Å²) in [6.45, 7) is 7.23. The minimum absolute atomic E-state index is 0.0160. The van der Waals surface area contributed by atoms with Crippen LogP contribution in [0.2, 0.25) is 0 Å². The maximum absolute atomic E-state index is 12.8. The fraction of sp³-hybridized carbons (Fsp3) is 0.286. The number of hydrogen-bond acceptors (Lipinski definition) is 3. The van der Waals surface area contributed by atoms with Crippen molar-refractivity contribution < 1.29 is 9.21 Å². The Bertz CT molecular complexity index is 921. The molecule has 128 valence electrons. The Hall–Kier alpha value is -2.75. The van der Waals surface area contributed by atoms with Crippen molar-refractivity contribution in [3.8, 4) is 0 Å². The standard InChI is InChI=1S/C21H22N2O2/c1-15-4-3-5-18(12-15)22-8-10-23(11-9-22)21(24)20-14-17-7-6-16(2)13-19(17)25-20/h3-7,12-14H,8-11H2,1-2H3. The molecule has 3 aromatic rings. The largest absolute Gasteiger partial charge is 0.451 e. The van der Waals surface area contributed by atoms with Gasteiger partial charge in [0, 0.05) is 37.3 Å². The smallest absolute Gasteiger partial charge is 0.289 e. The van der Waals surface area contributed by atoms with Gasteiger partial charge in [0.1, 0.15) is 5.58 Å². The SMILES string of the molecule is Cc1cccc(N2CCN(C(=O)c3cc4ccc(C)cc4o3)CC2)c1. The summed E-state index contributed by atoms with van der Waals surface area (Å²) in [7, 11) is 0. The van der Waals surface area contributed by atoms with Crippen molar-refractivity contribution in [1.82, 2.24) is 4.90 Å². The summed E-state index contributed by atoms with van der Waals surface area (Å²) >= 11 is 0. The van der Waals surface area contributed by atoms with Gasteiger partial charge in [-0.25, -0.2) is 0 Å². The number of furan rings is 1. The first kappa shape index (κ1) is 15.8. The van der Waals surface area contributed by atoms with Gasteiger partial charge < -0.3 is 14.2 Å². The first-order valence-corrected chi connectivity index (χ1v) is 8.71. The minimum Gasteiger partial charge on any atom is -0.451 e. The van der Waals surface area contributed by atoms with Gasteiger partial charge >= 0.3 is 0 Å². The van der Waals surface area contributed by atoms with Crippen molar-refractivity contribution >= 4 is 22.6 Å². The lowest BCUT2D eigenvalue weighted by molar-refractivity contribution is 0.0717. The van der Waals surface area contributed by atoms with Crippen LogP contribution in [0.3, 0.4) is 0 Å². The molecular weight excluding hydrogens is 312 g/mol. The van der Waals surface area contributed by atoms with Crippen LogP contribution in [0, 0.1) is 13.8 Å². The maximum Gasteiger partial charge on any atom is 0.289 e. The molecule has 1 aliphatic heterocycles. The van der Waals surface area contributed by atoms with Gasteiger partial charge in [-0.15, -0.1) is 0 Å². The van der Waals surface area contributed by atoms with Crippen molar-refractivity contribution in [2.24, 2.45) is 0 Å². The number of carbonyl (C=O) groups is 1. The van der Waals surface area contributed by atoms with Crippen LogP contribution < -0.4 is 4.90 Å². The normalized spacial score (nSPS) is 15.0. The third-order valence-corrected chi connectivity index (χ3v) is 4.82. The highest BCUT2D eigenvalue weighted by atomic mass is 16.3. The van der Waals surface area contributed by atoms with Crippen molar-refractivity contribution in [3.63, 3.8) is 0 Å². The Morgan fingerprint density at radius 3 is 2.44 bits per heavy atom. The summed E-state index contributed by atoms with van der Waals surface area (Å²) in [5, 5.41) is 0.979. The second kappa shape index (κ2) is 6.28. The van der Waals surface area contributed by atoms with Crippen LogP contribution in [-0.4, -0.2) is 37.0 Å². The molecule has 0 bridgehead atoms. The van der Waals surface area contributed by atoms with Gasteiger partial charge in [0.2, 0.25) is 0 Å². The van der Waals surface area contributed by atoms with E-state index in [1.807, 2.05) is 36.1 Å². The lowest BCUT2D eigenvalue weighted by Gasteiger charge is -2.35. The summed E-state index contributed by atoms with van der Waals surface area (Å²) in [6, 6.07) is 16.4. The second-order valence-electron chi connectivity index (χ2n) is 6.77. The fourth-order valence-corrected chi connectivity index (χ4v) is 3.39. The topological polar surface area (TPSA) is 36.7 Å². The van der Waals surface area contributed by atoms with E-state index in [0.717, 1.165) is 29.6 Å². The molecule has 0 atom stereocenters. The average Bonchev–Trinajstić information content (AvgIpc) is 3.04. The number of carbonyl (C=O) groups excluding carboxylic acids is 1. The molecule has 4 heteroatoms. The highest BCUT2D eigenvalue weighted by Crippen LogP contribution is 2.23. The highest BCUT2D eigenvalue weighted by Gasteiger charge is 2.24. The Labute approximate surface area is 147 Å². The first-order chi connectivity index (χ1) is 12.1. The zero-order valence-electron chi connectivity index (χ0n) is 14.7. The molecule has 0 N–H and O–H groups in total. The van der Waals surface area contributed by atoms with Gasteiger partial charge in [-0.05, 0) is 49.2 Å². The third-order valence-electron chi connectivity index (χ3n) is 4.82. The predicted molar refractivity (Wildman–Crippen MR) is 100 cm³/mol. The van der Waals surface area contributed by atoms with Crippen LogP contribution in [0.15, 0.2) is 52.9 Å². The van der Waals surface area contributed by atoms with Gasteiger partial charge in [0.15, 0.2) is 5.76 Å². The molecule has 1 amide bonds. The third kappa shape index (κ3) is 3.12. The van der Waals surface area contributed by atoms with E-state index in [1.54, 1.807) is 0 Å². The average molecular weight is 334 g/mol. The summed E-state index contributed by atoms with van der Waals surface area (Å²) in [5.41, 5.74) is 4.40. The molecule has 2 aromatic carbocycles. The van der Waals surface area contributed by atoms with Crippen LogP contribution in [0.4, 0.5) is 5.69 Å². The fourth-order valence-electron chi connectivity index (χ4n) is 3.39. The Kier molecular flexibility index (Phi) is 3.96. The molecular formula is C21H22N2O2. The zero-order chi connectivity index (χ0) is 17.4. The lowest BCUT2D eigenvalue weighted by atomic mass is 10.2. The summed E-state index contributed by atoms with van der Waals surface area (Å²) in [4.78, 5) is 17.0. The maximum atomic E-state index is 12.8. The number of hydrogen-bond donors (Lipinski definition) is 0. The Morgan fingerprint density at radius 1 is 0.920 bits per heavy atom. The number of amides is 1. The van der Waals surface area contributed by atoms with Gasteiger partial charge in [0.25, 0.3) is 5.91 Å². The molecule has 0 saturated carbocycles. The van der Waals surface area contributed by atoms with E-state index in [-0.39, 0.29) is 5.91 Å². The number of rotatable bonds is 2. The highest BCUT2D eigenvalue weighted by molar-refractivity contribution is 5.96. The van der Waals surface area contributed by atoms with Crippen LogP contribution >= 0.6 is 0 Å². The second-order valence-corrected chi connectivity index (χ2v) is 6.77. The number of nitrogens with zero attached hydrogens (tertiary/aromatic N) is 2. The van der Waals surface area contributed by atoms with Gasteiger partial charge in [0.05, 0.1) is 0 Å². The molecule has 0 unspecified atom stereocenters. The molecule has 1 aromatic heterocycles. The predicted octanol–water partition coefficient (Wildman–Crippen LogP) is 4.01. The molecule has 25 heavy (non-hydrogen) atoms. The van der Waals surface area contributed by atoms with E-state index >= 15 is 0 Å². The summed E-state index contributed by atoms with van der Waals surface area (Å²) in [6.07, 6.45) is 0. The molecule has 1 fully saturated rings. The molecule has 0 aliphatic carbocycles. The van der Waals surface area contributed by atoms with E-state index in [1.165, 1.54) is 11.3 Å². The minimum atomic E-state index is -0.0160. The summed E-state index contributed by atoms with van der Waals surface area (Å²) in [5.74, 6) is 0.419. The number of aryl methyl sites for hydroxylation is 2. The van der Waals surface area contributed by atoms with Gasteiger partial charge in [-0.3, -0.25) is 4.79 Å². The Morgan fingerprint density at radius 2 is 1.68 bits per heavy atom. The Balaban J connectivity index is 1.47. The number of fused-ring (bicyclic) bond motifs is 1. The van der Waals surface area contributed by atoms with Crippen LogP contribution in [0.25, 0.3) is 11.0 Å². The molecule has 0 radical (unpaired) electrons. The monoisotopic (exact) mass is 334 g/mol. The molecule has 2 heterocycles. The van der Waals surface area contributed by atoms with Gasteiger partial charge in [-0.2, -0.15) is 0 Å². The number of benzene rings is 2. The van der Waals surface area contributed by atoms with E-state index < -0.39 is 0 Å². The van der Waals surface area contributed by atoms with Crippen LogP contribution in [-0.2, 0) is 0 Å². The molecule has 1 aliphatic rings. The lowest BCUT2D eigenvalue weighted by Crippen LogP contribution is -2.48. The van der Waals surface area contributed by atoms with Crippen molar-refractivity contribution in [2.75, 3.05) is 31.1 Å². The van der Waals surface area contributed by atoms with Crippen molar-refractivity contribution in [2.45, 2.75) is 13.8 Å². The zero-order valence-corrected chi connectivity index (χ0v) is 14.7. The first-order valence-electron chi connectivity index (χ1n) is 8.71. The molecule has 4 nitrogen and oxygen atoms in total. The van der Waals surface area contributed by atoms with E-state index in [2.05, 4.69) is 36.1 Å². The van der Waals surface area contributed by atoms with E-state index in [0.29, 0.717) is 18.8 Å². The van der Waals surface area contributed by atoms with Crippen LogP contribution in [0.1, 0.15) is 21.7 Å².